The number of halogens is 1. The largest absolute Gasteiger partial charge is 0.335 e. The quantitative estimate of drug-likeness (QED) is 0.833. The van der Waals surface area contributed by atoms with Gasteiger partial charge in [-0.15, -0.1) is 0 Å². The Kier molecular flexibility index (Phi) is 5.83. The van der Waals surface area contributed by atoms with E-state index in [2.05, 4.69) is 47.9 Å². The van der Waals surface area contributed by atoms with Crippen molar-refractivity contribution < 1.29 is 0 Å². The maximum Gasteiger partial charge on any atom is 0.110 e. The molecule has 0 saturated heterocycles. The maximum absolute atomic E-state index is 6.07. The van der Waals surface area contributed by atoms with Crippen LogP contribution in [0.25, 0.3) is 0 Å². The van der Waals surface area contributed by atoms with Crippen molar-refractivity contribution >= 4 is 11.6 Å². The molecule has 0 fully saturated rings. The van der Waals surface area contributed by atoms with Crippen LogP contribution < -0.4 is 5.32 Å². The standard InChI is InChI=1S/C17H24ClN3/c1-4-9-21-10-8-20-17(21)12-16(19-5-2)15-7-6-14(18)11-13(15)3/h6-8,10-11,16,19H,4-5,9,12H2,1-3H3. The van der Waals surface area contributed by atoms with E-state index >= 15 is 0 Å². The molecule has 4 heteroatoms. The molecule has 0 aliphatic carbocycles. The van der Waals surface area contributed by atoms with Crippen LogP contribution in [0.15, 0.2) is 30.6 Å². The van der Waals surface area contributed by atoms with Crippen LogP contribution in [0, 0.1) is 6.92 Å². The minimum Gasteiger partial charge on any atom is -0.335 e. The van der Waals surface area contributed by atoms with E-state index in [4.69, 9.17) is 11.6 Å². The minimum atomic E-state index is 0.269. The van der Waals surface area contributed by atoms with E-state index in [9.17, 15) is 0 Å². The number of hydrogen-bond donors (Lipinski definition) is 1. The molecule has 3 nitrogen and oxygen atoms in total. The number of aromatic nitrogens is 2. The van der Waals surface area contributed by atoms with Gasteiger partial charge >= 0.3 is 0 Å². The number of nitrogens with one attached hydrogen (secondary N) is 1. The van der Waals surface area contributed by atoms with Gasteiger partial charge in [0.2, 0.25) is 0 Å². The summed E-state index contributed by atoms with van der Waals surface area (Å²) in [6.07, 6.45) is 5.97. The normalized spacial score (nSPS) is 12.6. The fourth-order valence-electron chi connectivity index (χ4n) is 2.73. The van der Waals surface area contributed by atoms with Gasteiger partial charge in [0.25, 0.3) is 0 Å². The molecule has 1 atom stereocenters. The van der Waals surface area contributed by atoms with E-state index in [1.807, 2.05) is 18.3 Å². The molecule has 0 amide bonds. The van der Waals surface area contributed by atoms with Crippen molar-refractivity contribution in [3.63, 3.8) is 0 Å². The molecule has 2 aromatic rings. The third-order valence-corrected chi connectivity index (χ3v) is 3.95. The second-order valence-corrected chi connectivity index (χ2v) is 5.79. The molecule has 0 aliphatic rings. The number of hydrogen-bond acceptors (Lipinski definition) is 2. The summed E-state index contributed by atoms with van der Waals surface area (Å²) in [5.74, 6) is 1.14. The molecule has 1 N–H and O–H groups in total. The summed E-state index contributed by atoms with van der Waals surface area (Å²) in [5.41, 5.74) is 2.52. The summed E-state index contributed by atoms with van der Waals surface area (Å²) in [6, 6.07) is 6.38. The van der Waals surface area contributed by atoms with Gasteiger partial charge in [0.05, 0.1) is 0 Å². The van der Waals surface area contributed by atoms with Gasteiger partial charge in [-0.3, -0.25) is 0 Å². The van der Waals surface area contributed by atoms with Gasteiger partial charge in [0, 0.05) is 36.4 Å². The van der Waals surface area contributed by atoms with Gasteiger partial charge < -0.3 is 9.88 Å². The predicted octanol–water partition coefficient (Wildman–Crippen LogP) is 4.15. The van der Waals surface area contributed by atoms with Crippen molar-refractivity contribution in [1.82, 2.24) is 14.9 Å². The van der Waals surface area contributed by atoms with Gasteiger partial charge in [-0.2, -0.15) is 0 Å². The summed E-state index contributed by atoms with van der Waals surface area (Å²) in [6.45, 7) is 8.39. The van der Waals surface area contributed by atoms with Gasteiger partial charge in [-0.05, 0) is 43.1 Å². The second kappa shape index (κ2) is 7.62. The summed E-state index contributed by atoms with van der Waals surface area (Å²) in [5, 5.41) is 4.36. The molecule has 21 heavy (non-hydrogen) atoms. The molecule has 2 rings (SSSR count). The molecule has 0 aliphatic heterocycles. The van der Waals surface area contributed by atoms with E-state index in [0.717, 1.165) is 36.8 Å². The monoisotopic (exact) mass is 305 g/mol. The zero-order valence-corrected chi connectivity index (χ0v) is 13.8. The van der Waals surface area contributed by atoms with Gasteiger partial charge in [-0.1, -0.05) is 31.5 Å². The molecular weight excluding hydrogens is 282 g/mol. The van der Waals surface area contributed by atoms with Crippen LogP contribution >= 0.6 is 11.6 Å². The number of rotatable bonds is 7. The first-order chi connectivity index (χ1) is 10.2. The highest BCUT2D eigenvalue weighted by Gasteiger charge is 2.16. The number of benzene rings is 1. The van der Waals surface area contributed by atoms with Crippen LogP contribution in [-0.4, -0.2) is 16.1 Å². The zero-order valence-electron chi connectivity index (χ0n) is 13.1. The Balaban J connectivity index is 2.24. The van der Waals surface area contributed by atoms with Gasteiger partial charge in [-0.25, -0.2) is 4.98 Å². The SMILES string of the molecule is CCCn1ccnc1CC(NCC)c1ccc(Cl)cc1C. The van der Waals surface area contributed by atoms with Crippen molar-refractivity contribution in [3.05, 3.63) is 52.6 Å². The lowest BCUT2D eigenvalue weighted by atomic mass is 9.98. The van der Waals surface area contributed by atoms with Crippen LogP contribution in [0.2, 0.25) is 5.02 Å². The lowest BCUT2D eigenvalue weighted by Gasteiger charge is -2.21. The van der Waals surface area contributed by atoms with Crippen molar-refractivity contribution in [3.8, 4) is 0 Å². The fraction of sp³-hybridized carbons (Fsp3) is 0.471. The third kappa shape index (κ3) is 4.08. The molecule has 1 heterocycles. The van der Waals surface area contributed by atoms with Crippen molar-refractivity contribution in [1.29, 1.82) is 0 Å². The second-order valence-electron chi connectivity index (χ2n) is 5.35. The number of aryl methyl sites for hydroxylation is 2. The predicted molar refractivity (Wildman–Crippen MR) is 88.8 cm³/mol. The highest BCUT2D eigenvalue weighted by atomic mass is 35.5. The number of nitrogens with zero attached hydrogens (tertiary/aromatic N) is 2. The van der Waals surface area contributed by atoms with E-state index < -0.39 is 0 Å². The van der Waals surface area contributed by atoms with Gasteiger partial charge in [0.15, 0.2) is 0 Å². The summed E-state index contributed by atoms with van der Waals surface area (Å²) in [7, 11) is 0. The molecule has 0 bridgehead atoms. The Hall–Kier alpha value is -1.32. The molecule has 1 unspecified atom stereocenters. The fourth-order valence-corrected chi connectivity index (χ4v) is 2.95. The lowest BCUT2D eigenvalue weighted by Crippen LogP contribution is -2.25. The van der Waals surface area contributed by atoms with E-state index in [-0.39, 0.29) is 6.04 Å². The Morgan fingerprint density at radius 1 is 1.33 bits per heavy atom. The van der Waals surface area contributed by atoms with Crippen LogP contribution in [0.5, 0.6) is 0 Å². The number of likely N-dealkylation sites (N-methyl/N-ethyl adjacent to an activating group) is 1. The Morgan fingerprint density at radius 2 is 2.14 bits per heavy atom. The first kappa shape index (κ1) is 16.1. The smallest absolute Gasteiger partial charge is 0.110 e. The summed E-state index contributed by atoms with van der Waals surface area (Å²) >= 11 is 6.07. The van der Waals surface area contributed by atoms with Crippen LogP contribution in [0.3, 0.4) is 0 Å². The topological polar surface area (TPSA) is 29.9 Å². The summed E-state index contributed by atoms with van der Waals surface area (Å²) < 4.78 is 2.25. The lowest BCUT2D eigenvalue weighted by molar-refractivity contribution is 0.514. The highest BCUT2D eigenvalue weighted by Crippen LogP contribution is 2.24. The molecular formula is C17H24ClN3. The van der Waals surface area contributed by atoms with Crippen molar-refractivity contribution in [2.24, 2.45) is 0 Å². The Labute approximate surface area is 132 Å². The first-order valence-electron chi connectivity index (χ1n) is 7.65. The highest BCUT2D eigenvalue weighted by molar-refractivity contribution is 6.30. The van der Waals surface area contributed by atoms with E-state index in [1.165, 1.54) is 11.1 Å². The molecule has 0 radical (unpaired) electrons. The molecule has 0 saturated carbocycles. The molecule has 1 aromatic carbocycles. The Bertz CT molecular complexity index is 577. The number of imidazole rings is 1. The average molecular weight is 306 g/mol. The Morgan fingerprint density at radius 3 is 2.81 bits per heavy atom. The zero-order chi connectivity index (χ0) is 15.2. The molecule has 114 valence electrons. The molecule has 1 aromatic heterocycles. The van der Waals surface area contributed by atoms with E-state index in [0.29, 0.717) is 0 Å². The van der Waals surface area contributed by atoms with E-state index in [1.54, 1.807) is 0 Å². The van der Waals surface area contributed by atoms with Crippen LogP contribution in [0.1, 0.15) is 43.3 Å². The molecule has 0 spiro atoms. The maximum atomic E-state index is 6.07. The first-order valence-corrected chi connectivity index (χ1v) is 8.03. The van der Waals surface area contributed by atoms with Crippen molar-refractivity contribution in [2.45, 2.75) is 46.2 Å². The van der Waals surface area contributed by atoms with Crippen LogP contribution in [-0.2, 0) is 13.0 Å². The average Bonchev–Trinajstić information content (AvgIpc) is 2.86. The van der Waals surface area contributed by atoms with Gasteiger partial charge in [0.1, 0.15) is 5.82 Å². The third-order valence-electron chi connectivity index (χ3n) is 3.71. The summed E-state index contributed by atoms with van der Waals surface area (Å²) in [4.78, 5) is 4.53. The van der Waals surface area contributed by atoms with Crippen LogP contribution in [0.4, 0.5) is 0 Å². The minimum absolute atomic E-state index is 0.269. The van der Waals surface area contributed by atoms with Crippen molar-refractivity contribution in [2.75, 3.05) is 6.54 Å².